The number of hydrogen-bond donors (Lipinski definition) is 1. The number of imidazole rings is 1. The Hall–Kier alpha value is -7.32. The number of thiophene rings is 2. The SMILES string of the molecule is Cn1c(=O)n(C)c2cc(-c3cccc(C4=CC(c5cc(-c6ccc7sc8ccccc8c7c6)cc(-c6ccc7sc8ccccc8c7c6)c5)=NC(c5ccccc5)N4)c3)ccc21. The molecule has 0 saturated carbocycles. The lowest BCUT2D eigenvalue weighted by atomic mass is 9.92. The van der Waals surface area contributed by atoms with Crippen LogP contribution in [0.2, 0.25) is 0 Å². The van der Waals surface area contributed by atoms with Crippen molar-refractivity contribution in [1.29, 1.82) is 0 Å². The highest BCUT2D eigenvalue weighted by atomic mass is 32.1. The van der Waals surface area contributed by atoms with Crippen LogP contribution in [0.5, 0.6) is 0 Å². The van der Waals surface area contributed by atoms with Crippen molar-refractivity contribution in [3.63, 3.8) is 0 Å². The van der Waals surface area contributed by atoms with Crippen LogP contribution >= 0.6 is 22.7 Å². The van der Waals surface area contributed by atoms with Gasteiger partial charge in [0.25, 0.3) is 0 Å². The summed E-state index contributed by atoms with van der Waals surface area (Å²) in [6.07, 6.45) is 1.90. The predicted octanol–water partition coefficient (Wildman–Crippen LogP) is 13.7. The predicted molar refractivity (Wildman–Crippen MR) is 264 cm³/mol. The Morgan fingerprint density at radius 1 is 0.452 bits per heavy atom. The minimum absolute atomic E-state index is 0.0329. The zero-order valence-electron chi connectivity index (χ0n) is 34.0. The molecule has 0 amide bonds. The highest BCUT2D eigenvalue weighted by Gasteiger charge is 2.22. The average Bonchev–Trinajstić information content (AvgIpc) is 3.97. The van der Waals surface area contributed by atoms with E-state index in [1.165, 1.54) is 51.5 Å². The quantitative estimate of drug-likeness (QED) is 0.181. The third-order valence-corrected chi connectivity index (χ3v) is 14.7. The molecule has 1 unspecified atom stereocenters. The van der Waals surface area contributed by atoms with Crippen molar-refractivity contribution in [1.82, 2.24) is 14.5 Å². The summed E-state index contributed by atoms with van der Waals surface area (Å²) < 4.78 is 8.59. The summed E-state index contributed by atoms with van der Waals surface area (Å²) in [4.78, 5) is 18.2. The maximum absolute atomic E-state index is 12.8. The first-order valence-corrected chi connectivity index (χ1v) is 22.4. The fourth-order valence-electron chi connectivity index (χ4n) is 9.12. The Morgan fingerprint density at radius 2 is 0.968 bits per heavy atom. The van der Waals surface area contributed by atoms with Crippen LogP contribution in [-0.4, -0.2) is 14.8 Å². The second-order valence-electron chi connectivity index (χ2n) is 16.1. The Balaban J connectivity index is 1.03. The number of aliphatic imine (C=N–C) groups is 1. The van der Waals surface area contributed by atoms with Crippen molar-refractivity contribution in [3.05, 3.63) is 209 Å². The van der Waals surface area contributed by atoms with Crippen LogP contribution in [0.15, 0.2) is 192 Å². The molecule has 11 aromatic rings. The normalized spacial score (nSPS) is 14.2. The highest BCUT2D eigenvalue weighted by molar-refractivity contribution is 7.26. The van der Waals surface area contributed by atoms with Crippen LogP contribution in [0, 0.1) is 0 Å². The molecule has 62 heavy (non-hydrogen) atoms. The van der Waals surface area contributed by atoms with Gasteiger partial charge in [-0.25, -0.2) is 4.79 Å². The summed E-state index contributed by atoms with van der Waals surface area (Å²) in [7, 11) is 3.65. The van der Waals surface area contributed by atoms with Gasteiger partial charge in [0, 0.05) is 65.7 Å². The van der Waals surface area contributed by atoms with Crippen molar-refractivity contribution in [2.75, 3.05) is 0 Å². The van der Waals surface area contributed by atoms with Crippen LogP contribution in [0.3, 0.4) is 0 Å². The molecule has 8 aromatic carbocycles. The van der Waals surface area contributed by atoms with Crippen LogP contribution in [0.4, 0.5) is 0 Å². The van der Waals surface area contributed by atoms with E-state index >= 15 is 0 Å². The van der Waals surface area contributed by atoms with Crippen LogP contribution < -0.4 is 11.0 Å². The molecule has 0 radical (unpaired) electrons. The van der Waals surface area contributed by atoms with Gasteiger partial charge in [0.05, 0.1) is 16.7 Å². The summed E-state index contributed by atoms with van der Waals surface area (Å²) in [6.45, 7) is 0. The number of hydrogen-bond acceptors (Lipinski definition) is 5. The lowest BCUT2D eigenvalue weighted by molar-refractivity contribution is 0.664. The molecule has 7 heteroatoms. The average molecular weight is 835 g/mol. The number of benzene rings is 8. The van der Waals surface area contributed by atoms with E-state index < -0.39 is 0 Å². The molecule has 4 heterocycles. The van der Waals surface area contributed by atoms with Crippen LogP contribution in [-0.2, 0) is 14.1 Å². The minimum atomic E-state index is -0.306. The number of nitrogens with one attached hydrogen (secondary N) is 1. The molecule has 0 fully saturated rings. The molecule has 12 rings (SSSR count). The Bertz CT molecular complexity index is 3600. The first-order chi connectivity index (χ1) is 30.4. The molecule has 3 aromatic heterocycles. The van der Waals surface area contributed by atoms with E-state index in [1.807, 2.05) is 48.9 Å². The zero-order valence-corrected chi connectivity index (χ0v) is 35.6. The van der Waals surface area contributed by atoms with Crippen molar-refractivity contribution in [2.24, 2.45) is 19.1 Å². The largest absolute Gasteiger partial charge is 0.360 e. The number of allylic oxidation sites excluding steroid dienone is 1. The van der Waals surface area contributed by atoms with Crippen molar-refractivity contribution >= 4 is 85.5 Å². The van der Waals surface area contributed by atoms with Gasteiger partial charge in [-0.3, -0.25) is 14.1 Å². The van der Waals surface area contributed by atoms with E-state index in [-0.39, 0.29) is 11.9 Å². The fourth-order valence-corrected chi connectivity index (χ4v) is 11.3. The lowest BCUT2D eigenvalue weighted by Gasteiger charge is -2.25. The summed E-state index contributed by atoms with van der Waals surface area (Å²) >= 11 is 3.69. The second kappa shape index (κ2) is 14.4. The van der Waals surface area contributed by atoms with Crippen LogP contribution in [0.1, 0.15) is 22.9 Å². The molecule has 0 bridgehead atoms. The molecule has 1 N–H and O–H groups in total. The zero-order chi connectivity index (χ0) is 41.5. The van der Waals surface area contributed by atoms with Gasteiger partial charge in [0.15, 0.2) is 0 Å². The van der Waals surface area contributed by atoms with Crippen molar-refractivity contribution in [3.8, 4) is 33.4 Å². The maximum Gasteiger partial charge on any atom is 0.328 e. The molecule has 1 aliphatic rings. The molecule has 5 nitrogen and oxygen atoms in total. The molecule has 1 aliphatic heterocycles. The molecule has 296 valence electrons. The van der Waals surface area contributed by atoms with Gasteiger partial charge in [0.1, 0.15) is 6.17 Å². The van der Waals surface area contributed by atoms with E-state index in [0.717, 1.165) is 61.4 Å². The van der Waals surface area contributed by atoms with E-state index in [2.05, 4.69) is 175 Å². The third-order valence-electron chi connectivity index (χ3n) is 12.4. The van der Waals surface area contributed by atoms with Gasteiger partial charge in [-0.15, -0.1) is 22.7 Å². The van der Waals surface area contributed by atoms with Gasteiger partial charge >= 0.3 is 5.69 Å². The standard InChI is InChI=1S/C55H38N4OS2/c1-58-48-22-19-37(31-49(48)59(2)55(58)60)34-13-10-14-38(25-34)46-32-47(57-54(56-46)33-11-4-3-5-12-33)41-27-39(35-20-23-52-44(29-35)42-15-6-8-17-50(42)61-52)26-40(28-41)36-21-24-53-45(30-36)43-16-7-9-18-51(43)62-53/h3-32,54,56H,1-2H3. The van der Waals surface area contributed by atoms with Crippen molar-refractivity contribution in [2.45, 2.75) is 6.17 Å². The lowest BCUT2D eigenvalue weighted by Crippen LogP contribution is -2.24. The number of rotatable bonds is 6. The molecular formula is C55H38N4OS2. The first kappa shape index (κ1) is 36.5. The smallest absolute Gasteiger partial charge is 0.328 e. The number of aryl methyl sites for hydroxylation is 2. The molecular weight excluding hydrogens is 797 g/mol. The fraction of sp³-hybridized carbons (Fsp3) is 0.0545. The summed E-state index contributed by atoms with van der Waals surface area (Å²) in [5.41, 5.74) is 13.6. The summed E-state index contributed by atoms with van der Waals surface area (Å²) in [5, 5.41) is 8.93. The number of aromatic nitrogens is 2. The van der Waals surface area contributed by atoms with E-state index in [9.17, 15) is 4.79 Å². The maximum atomic E-state index is 12.8. The molecule has 0 aliphatic carbocycles. The van der Waals surface area contributed by atoms with Gasteiger partial charge < -0.3 is 5.32 Å². The second-order valence-corrected chi connectivity index (χ2v) is 18.3. The topological polar surface area (TPSA) is 51.3 Å². The third kappa shape index (κ3) is 6.12. The molecule has 0 spiro atoms. The number of nitrogens with zero attached hydrogens (tertiary/aromatic N) is 3. The molecule has 1 atom stereocenters. The Morgan fingerprint density at radius 3 is 1.65 bits per heavy atom. The molecule has 0 saturated heterocycles. The number of fused-ring (bicyclic) bond motifs is 7. The summed E-state index contributed by atoms with van der Waals surface area (Å²) in [6, 6.07) is 63.5. The first-order valence-electron chi connectivity index (χ1n) is 20.8. The van der Waals surface area contributed by atoms with E-state index in [4.69, 9.17) is 4.99 Å². The van der Waals surface area contributed by atoms with Crippen molar-refractivity contribution < 1.29 is 0 Å². The summed E-state index contributed by atoms with van der Waals surface area (Å²) in [5.74, 6) is 0. The van der Waals surface area contributed by atoms with E-state index in [1.54, 1.807) is 9.13 Å². The Labute approximate surface area is 365 Å². The van der Waals surface area contributed by atoms with Gasteiger partial charge in [0.2, 0.25) is 0 Å². The monoisotopic (exact) mass is 834 g/mol. The Kier molecular flexibility index (Phi) is 8.49. The highest BCUT2D eigenvalue weighted by Crippen LogP contribution is 2.40. The van der Waals surface area contributed by atoms with E-state index in [0.29, 0.717) is 0 Å². The van der Waals surface area contributed by atoms with Gasteiger partial charge in [-0.2, -0.15) is 0 Å². The minimum Gasteiger partial charge on any atom is -0.360 e. The van der Waals surface area contributed by atoms with Gasteiger partial charge in [-0.05, 0) is 123 Å². The van der Waals surface area contributed by atoms with Gasteiger partial charge in [-0.1, -0.05) is 103 Å². The van der Waals surface area contributed by atoms with Crippen LogP contribution in [0.25, 0.3) is 90.5 Å².